The van der Waals surface area contributed by atoms with Gasteiger partial charge in [-0.3, -0.25) is 4.79 Å². The number of nitrogens with zero attached hydrogens (tertiary/aromatic N) is 3. The number of nitriles is 1. The standard InChI is InChI=1S/C31H38ClN3O3/c1-2-34(18-16-26(21-33)25-12-7-13-27(32)20-25)17-6-4-3-5-10-24-11-8-15-29-30(24)22-35(31(29)38)28(23-37)14-9-19-36/h7-8,11-13,15,19-20,23,26,28H,2-6,9-10,14,16-18,22H2,1H3/t26-,28?/m1/s1. The summed E-state index contributed by atoms with van der Waals surface area (Å²) in [6.07, 6.45) is 8.31. The molecule has 0 aliphatic carbocycles. The molecule has 1 heterocycles. The lowest BCUT2D eigenvalue weighted by Crippen LogP contribution is -2.36. The lowest BCUT2D eigenvalue weighted by Gasteiger charge is -2.22. The van der Waals surface area contributed by atoms with Gasteiger partial charge in [-0.05, 0) is 86.6 Å². The first-order valence-corrected chi connectivity index (χ1v) is 14.1. The van der Waals surface area contributed by atoms with Crippen molar-refractivity contribution in [1.82, 2.24) is 9.80 Å². The van der Waals surface area contributed by atoms with Gasteiger partial charge in [-0.15, -0.1) is 0 Å². The van der Waals surface area contributed by atoms with Gasteiger partial charge in [0.05, 0.1) is 18.0 Å². The zero-order chi connectivity index (χ0) is 27.3. The zero-order valence-corrected chi connectivity index (χ0v) is 23.0. The minimum atomic E-state index is -0.552. The van der Waals surface area contributed by atoms with Crippen LogP contribution in [0.5, 0.6) is 0 Å². The van der Waals surface area contributed by atoms with Gasteiger partial charge in [0, 0.05) is 23.6 Å². The molecular formula is C31H38ClN3O3. The molecule has 0 N–H and O–H groups in total. The van der Waals surface area contributed by atoms with Gasteiger partial charge in [0.2, 0.25) is 0 Å². The van der Waals surface area contributed by atoms with Crippen molar-refractivity contribution in [2.45, 2.75) is 76.8 Å². The van der Waals surface area contributed by atoms with E-state index in [0.29, 0.717) is 23.6 Å². The number of aryl methyl sites for hydroxylation is 1. The Morgan fingerprint density at radius 2 is 1.87 bits per heavy atom. The second-order valence-corrected chi connectivity index (χ2v) is 10.4. The highest BCUT2D eigenvalue weighted by molar-refractivity contribution is 6.30. The Morgan fingerprint density at radius 3 is 2.58 bits per heavy atom. The monoisotopic (exact) mass is 535 g/mol. The first kappa shape index (κ1) is 29.5. The topological polar surface area (TPSA) is 81.5 Å². The number of hydrogen-bond donors (Lipinski definition) is 0. The number of carbonyl (C=O) groups is 3. The Kier molecular flexibility index (Phi) is 12.0. The van der Waals surface area contributed by atoms with Gasteiger partial charge in [0.1, 0.15) is 12.6 Å². The number of unbranched alkanes of at least 4 members (excludes halogenated alkanes) is 3. The lowest BCUT2D eigenvalue weighted by molar-refractivity contribution is -0.112. The average Bonchev–Trinajstić information content (AvgIpc) is 3.27. The molecule has 0 bridgehead atoms. The number of fused-ring (bicyclic) bond motifs is 1. The number of carbonyl (C=O) groups excluding carboxylic acids is 3. The van der Waals surface area contributed by atoms with Crippen LogP contribution in [0.1, 0.15) is 84.8 Å². The van der Waals surface area contributed by atoms with Crippen molar-refractivity contribution in [3.05, 3.63) is 69.7 Å². The molecule has 1 unspecified atom stereocenters. The highest BCUT2D eigenvalue weighted by atomic mass is 35.5. The molecule has 3 rings (SSSR count). The smallest absolute Gasteiger partial charge is 0.255 e. The van der Waals surface area contributed by atoms with Crippen LogP contribution in [0.3, 0.4) is 0 Å². The van der Waals surface area contributed by atoms with Crippen molar-refractivity contribution in [2.75, 3.05) is 19.6 Å². The van der Waals surface area contributed by atoms with Gasteiger partial charge in [-0.1, -0.05) is 55.6 Å². The van der Waals surface area contributed by atoms with Gasteiger partial charge in [-0.2, -0.15) is 5.26 Å². The molecule has 2 atom stereocenters. The molecule has 2 aromatic carbocycles. The van der Waals surface area contributed by atoms with Crippen molar-refractivity contribution in [1.29, 1.82) is 5.26 Å². The number of benzene rings is 2. The van der Waals surface area contributed by atoms with E-state index in [1.165, 1.54) is 5.56 Å². The Labute approximate surface area is 231 Å². The van der Waals surface area contributed by atoms with Crippen LogP contribution in [0.15, 0.2) is 42.5 Å². The molecule has 0 radical (unpaired) electrons. The third kappa shape index (κ3) is 7.99. The summed E-state index contributed by atoms with van der Waals surface area (Å²) in [6.45, 7) is 5.47. The van der Waals surface area contributed by atoms with E-state index in [1.807, 2.05) is 36.4 Å². The van der Waals surface area contributed by atoms with Crippen LogP contribution >= 0.6 is 11.6 Å². The predicted molar refractivity (Wildman–Crippen MR) is 150 cm³/mol. The first-order valence-electron chi connectivity index (χ1n) is 13.7. The minimum Gasteiger partial charge on any atom is -0.325 e. The number of amides is 1. The molecule has 202 valence electrons. The fraction of sp³-hybridized carbons (Fsp3) is 0.484. The fourth-order valence-corrected chi connectivity index (χ4v) is 5.43. The van der Waals surface area contributed by atoms with E-state index in [1.54, 1.807) is 4.90 Å². The molecule has 0 saturated carbocycles. The minimum absolute atomic E-state index is 0.112. The number of aldehydes is 2. The summed E-state index contributed by atoms with van der Waals surface area (Å²) in [7, 11) is 0. The van der Waals surface area contributed by atoms with Crippen molar-refractivity contribution in [3.8, 4) is 6.07 Å². The quantitative estimate of drug-likeness (QED) is 0.184. The summed E-state index contributed by atoms with van der Waals surface area (Å²) in [5.74, 6) is -0.261. The van der Waals surface area contributed by atoms with E-state index >= 15 is 0 Å². The van der Waals surface area contributed by atoms with Crippen molar-refractivity contribution < 1.29 is 14.4 Å². The zero-order valence-electron chi connectivity index (χ0n) is 22.3. The Balaban J connectivity index is 1.41. The van der Waals surface area contributed by atoms with Crippen molar-refractivity contribution in [2.24, 2.45) is 0 Å². The maximum Gasteiger partial charge on any atom is 0.255 e. The molecule has 0 aromatic heterocycles. The van der Waals surface area contributed by atoms with E-state index < -0.39 is 6.04 Å². The van der Waals surface area contributed by atoms with Crippen LogP contribution in [0.4, 0.5) is 0 Å². The molecule has 1 amide bonds. The van der Waals surface area contributed by atoms with Crippen LogP contribution in [-0.4, -0.2) is 54.0 Å². The van der Waals surface area contributed by atoms with Gasteiger partial charge in [-0.25, -0.2) is 0 Å². The van der Waals surface area contributed by atoms with Gasteiger partial charge < -0.3 is 19.4 Å². The number of halogens is 1. The predicted octanol–water partition coefficient (Wildman–Crippen LogP) is 5.96. The molecule has 7 heteroatoms. The van der Waals surface area contributed by atoms with E-state index in [2.05, 4.69) is 24.0 Å². The van der Waals surface area contributed by atoms with Crippen LogP contribution in [0.2, 0.25) is 5.02 Å². The maximum absolute atomic E-state index is 12.9. The fourth-order valence-electron chi connectivity index (χ4n) is 5.23. The molecule has 0 spiro atoms. The Morgan fingerprint density at radius 1 is 1.08 bits per heavy atom. The normalized spacial score (nSPS) is 14.3. The third-order valence-corrected chi connectivity index (χ3v) is 7.72. The summed E-state index contributed by atoms with van der Waals surface area (Å²) in [5, 5.41) is 10.3. The highest BCUT2D eigenvalue weighted by Crippen LogP contribution is 2.29. The molecule has 6 nitrogen and oxygen atoms in total. The number of hydrogen-bond acceptors (Lipinski definition) is 5. The Hall–Kier alpha value is -3.01. The van der Waals surface area contributed by atoms with Gasteiger partial charge in [0.15, 0.2) is 0 Å². The van der Waals surface area contributed by atoms with Crippen molar-refractivity contribution >= 4 is 30.1 Å². The second-order valence-electron chi connectivity index (χ2n) is 9.95. The Bertz CT molecular complexity index is 1130. The van der Waals surface area contributed by atoms with Crippen molar-refractivity contribution in [3.63, 3.8) is 0 Å². The van der Waals surface area contributed by atoms with Crippen LogP contribution in [0.25, 0.3) is 0 Å². The molecule has 0 saturated heterocycles. The van der Waals surface area contributed by atoms with Crippen LogP contribution < -0.4 is 0 Å². The van der Waals surface area contributed by atoms with E-state index in [4.69, 9.17) is 11.6 Å². The SMILES string of the molecule is CCN(CCCCCCc1cccc2c1CN(C(C=O)CCC=O)C2=O)CC[C@H](C#N)c1cccc(Cl)c1. The summed E-state index contributed by atoms with van der Waals surface area (Å²) < 4.78 is 0. The molecular weight excluding hydrogens is 498 g/mol. The van der Waals surface area contributed by atoms with E-state index in [-0.39, 0.29) is 18.2 Å². The average molecular weight is 536 g/mol. The summed E-state index contributed by atoms with van der Waals surface area (Å²) >= 11 is 6.10. The molecule has 1 aliphatic rings. The lowest BCUT2D eigenvalue weighted by atomic mass is 9.97. The highest BCUT2D eigenvalue weighted by Gasteiger charge is 2.33. The molecule has 38 heavy (non-hydrogen) atoms. The second kappa shape index (κ2) is 15.4. The first-order chi connectivity index (χ1) is 18.5. The van der Waals surface area contributed by atoms with Crippen LogP contribution in [-0.2, 0) is 22.6 Å². The van der Waals surface area contributed by atoms with Gasteiger partial charge >= 0.3 is 0 Å². The summed E-state index contributed by atoms with van der Waals surface area (Å²) in [6, 6.07) is 15.3. The summed E-state index contributed by atoms with van der Waals surface area (Å²) in [5.41, 5.74) is 3.87. The number of rotatable bonds is 17. The summed E-state index contributed by atoms with van der Waals surface area (Å²) in [4.78, 5) is 39.2. The van der Waals surface area contributed by atoms with E-state index in [9.17, 15) is 19.6 Å². The molecule has 2 aromatic rings. The maximum atomic E-state index is 12.9. The molecule has 0 fully saturated rings. The van der Waals surface area contributed by atoms with Crippen LogP contribution in [0, 0.1) is 11.3 Å². The van der Waals surface area contributed by atoms with E-state index in [0.717, 1.165) is 81.9 Å². The largest absolute Gasteiger partial charge is 0.325 e. The molecule has 1 aliphatic heterocycles. The van der Waals surface area contributed by atoms with Gasteiger partial charge in [0.25, 0.3) is 5.91 Å². The third-order valence-electron chi connectivity index (χ3n) is 7.49.